The minimum Gasteiger partial charge on any atom is -0.508 e. The predicted molar refractivity (Wildman–Crippen MR) is 108 cm³/mol. The topological polar surface area (TPSA) is 61.8 Å². The Kier molecular flexibility index (Phi) is 4.14. The molecule has 2 amide bonds. The van der Waals surface area contributed by atoms with Crippen LogP contribution in [0.15, 0.2) is 54.7 Å². The second-order valence-electron chi connectivity index (χ2n) is 7.74. The van der Waals surface area contributed by atoms with Crippen molar-refractivity contribution in [1.29, 1.82) is 0 Å². The van der Waals surface area contributed by atoms with Gasteiger partial charge in [0.25, 0.3) is 0 Å². The van der Waals surface area contributed by atoms with Crippen molar-refractivity contribution >= 4 is 6.03 Å². The first-order chi connectivity index (χ1) is 13.3. The van der Waals surface area contributed by atoms with Crippen LogP contribution in [0.5, 0.6) is 11.5 Å². The van der Waals surface area contributed by atoms with Crippen molar-refractivity contribution < 1.29 is 14.6 Å². The van der Waals surface area contributed by atoms with Crippen LogP contribution in [0.3, 0.4) is 0 Å². The Balaban J connectivity index is 1.83. The van der Waals surface area contributed by atoms with Gasteiger partial charge in [-0.1, -0.05) is 37.8 Å². The Bertz CT molecular complexity index is 970. The van der Waals surface area contributed by atoms with Crippen molar-refractivity contribution in [3.05, 3.63) is 71.4 Å². The Hall–Kier alpha value is -2.95. The molecule has 2 N–H and O–H groups in total. The smallest absolute Gasteiger partial charge is 0.322 e. The van der Waals surface area contributed by atoms with E-state index in [0.29, 0.717) is 24.3 Å². The Labute approximate surface area is 165 Å². The van der Waals surface area contributed by atoms with Crippen LogP contribution >= 0.6 is 0 Å². The lowest BCUT2D eigenvalue weighted by Crippen LogP contribution is -2.58. The van der Waals surface area contributed by atoms with E-state index < -0.39 is 11.1 Å². The highest BCUT2D eigenvalue weighted by Crippen LogP contribution is 2.57. The molecule has 2 atom stereocenters. The fourth-order valence-corrected chi connectivity index (χ4v) is 4.70. The van der Waals surface area contributed by atoms with Gasteiger partial charge in [0.2, 0.25) is 0 Å². The molecule has 4 rings (SSSR count). The van der Waals surface area contributed by atoms with E-state index in [-0.39, 0.29) is 11.8 Å². The molecule has 0 radical (unpaired) electrons. The second-order valence-corrected chi connectivity index (χ2v) is 7.74. The number of nitrogens with zero attached hydrogens (tertiary/aromatic N) is 1. The van der Waals surface area contributed by atoms with Gasteiger partial charge in [-0.2, -0.15) is 0 Å². The number of nitrogens with one attached hydrogen (secondary N) is 1. The van der Waals surface area contributed by atoms with Crippen molar-refractivity contribution in [2.45, 2.75) is 44.2 Å². The van der Waals surface area contributed by atoms with Crippen LogP contribution in [0.4, 0.5) is 4.79 Å². The van der Waals surface area contributed by atoms with Crippen LogP contribution in [0.1, 0.15) is 36.5 Å². The number of carbonyl (C=O) groups is 1. The first kappa shape index (κ1) is 18.4. The van der Waals surface area contributed by atoms with Crippen LogP contribution in [-0.4, -0.2) is 28.7 Å². The van der Waals surface area contributed by atoms with Crippen molar-refractivity contribution in [3.63, 3.8) is 0 Å². The predicted octanol–water partition coefficient (Wildman–Crippen LogP) is 4.24. The summed E-state index contributed by atoms with van der Waals surface area (Å²) in [5.74, 6) is 0.824. The normalized spacial score (nSPS) is 25.8. The zero-order chi connectivity index (χ0) is 20.1. The lowest BCUT2D eigenvalue weighted by Gasteiger charge is -2.42. The number of carbonyl (C=O) groups excluding carboxylic acids is 1. The van der Waals surface area contributed by atoms with Gasteiger partial charge < -0.3 is 15.2 Å². The van der Waals surface area contributed by atoms with Crippen molar-refractivity contribution in [1.82, 2.24) is 10.2 Å². The maximum Gasteiger partial charge on any atom is 0.322 e. The first-order valence-electron chi connectivity index (χ1n) is 9.67. The van der Waals surface area contributed by atoms with Crippen molar-refractivity contribution in [3.8, 4) is 11.5 Å². The zero-order valence-electron chi connectivity index (χ0n) is 16.6. The molecule has 0 aliphatic carbocycles. The lowest BCUT2D eigenvalue weighted by molar-refractivity contribution is 0.0128. The third kappa shape index (κ3) is 2.35. The summed E-state index contributed by atoms with van der Waals surface area (Å²) in [6, 6.07) is 13.2. The molecule has 0 bridgehead atoms. The monoisotopic (exact) mass is 378 g/mol. The summed E-state index contributed by atoms with van der Waals surface area (Å²) in [6.45, 7) is 8.43. The molecule has 28 heavy (non-hydrogen) atoms. The van der Waals surface area contributed by atoms with Crippen LogP contribution in [0.25, 0.3) is 0 Å². The van der Waals surface area contributed by atoms with Crippen LogP contribution in [0.2, 0.25) is 0 Å². The number of aromatic hydroxyl groups is 1. The standard InChI is InChI=1S/C23H26N2O3/c1-5-22(13-12-17-9-7-6-8-15(17)2)23(16(3)25(4)21(27)24-23)19-14-18(26)10-11-20(19)28-22/h6-11,14,26H,3,5,12-13H2,1-2,4H3,(H,24,27). The van der Waals surface area contributed by atoms with Gasteiger partial charge in [0, 0.05) is 18.3 Å². The summed E-state index contributed by atoms with van der Waals surface area (Å²) in [6.07, 6.45) is 2.20. The molecule has 2 aliphatic rings. The van der Waals surface area contributed by atoms with Gasteiger partial charge in [0.05, 0.1) is 0 Å². The molecule has 1 fully saturated rings. The highest BCUT2D eigenvalue weighted by atomic mass is 16.5. The molecule has 2 aromatic carbocycles. The average molecular weight is 378 g/mol. The Morgan fingerprint density at radius 1 is 1.25 bits per heavy atom. The molecular formula is C23H26N2O3. The molecule has 1 saturated heterocycles. The number of phenolic OH excluding ortho intramolecular Hbond substituents is 1. The van der Waals surface area contributed by atoms with Crippen LogP contribution in [-0.2, 0) is 12.0 Å². The number of rotatable bonds is 4. The van der Waals surface area contributed by atoms with E-state index in [4.69, 9.17) is 4.74 Å². The minimum absolute atomic E-state index is 0.143. The molecule has 1 spiro atoms. The number of urea groups is 1. The maximum absolute atomic E-state index is 12.6. The molecule has 2 aromatic rings. The van der Waals surface area contributed by atoms with Crippen molar-refractivity contribution in [2.24, 2.45) is 0 Å². The minimum atomic E-state index is -0.898. The average Bonchev–Trinajstić information content (AvgIpc) is 3.09. The fraction of sp³-hybridized carbons (Fsp3) is 0.348. The largest absolute Gasteiger partial charge is 0.508 e. The number of likely N-dealkylation sites (N-methyl/N-ethyl adjacent to an activating group) is 1. The first-order valence-corrected chi connectivity index (χ1v) is 9.67. The van der Waals surface area contributed by atoms with E-state index in [0.717, 1.165) is 12.0 Å². The number of benzene rings is 2. The molecule has 5 heteroatoms. The van der Waals surface area contributed by atoms with Crippen LogP contribution in [0, 0.1) is 6.92 Å². The van der Waals surface area contributed by atoms with E-state index in [1.165, 1.54) is 11.1 Å². The van der Waals surface area contributed by atoms with Crippen molar-refractivity contribution in [2.75, 3.05) is 7.05 Å². The Morgan fingerprint density at radius 3 is 2.64 bits per heavy atom. The molecule has 0 saturated carbocycles. The SMILES string of the molecule is C=C1N(C)C(=O)NC12c1cc(O)ccc1OC2(CC)CCc1ccccc1C. The van der Waals surface area contributed by atoms with Gasteiger partial charge in [-0.15, -0.1) is 0 Å². The molecule has 146 valence electrons. The van der Waals surface area contributed by atoms with Gasteiger partial charge in [0.1, 0.15) is 17.1 Å². The molecular weight excluding hydrogens is 352 g/mol. The quantitative estimate of drug-likeness (QED) is 0.837. The molecule has 0 aromatic heterocycles. The molecule has 2 aliphatic heterocycles. The highest BCUT2D eigenvalue weighted by molar-refractivity contribution is 5.84. The van der Waals surface area contributed by atoms with E-state index in [1.807, 2.05) is 12.1 Å². The summed E-state index contributed by atoms with van der Waals surface area (Å²) < 4.78 is 6.55. The number of phenols is 1. The second kappa shape index (κ2) is 6.30. The zero-order valence-corrected chi connectivity index (χ0v) is 16.6. The maximum atomic E-state index is 12.6. The number of ether oxygens (including phenoxy) is 1. The number of hydrogen-bond acceptors (Lipinski definition) is 3. The molecule has 5 nitrogen and oxygen atoms in total. The summed E-state index contributed by atoms with van der Waals surface area (Å²) in [5.41, 5.74) is 2.32. The van der Waals surface area contributed by atoms with Crippen LogP contribution < -0.4 is 10.1 Å². The third-order valence-electron chi connectivity index (χ3n) is 6.42. The van der Waals surface area contributed by atoms with Gasteiger partial charge in [-0.3, -0.25) is 4.90 Å². The number of fused-ring (bicyclic) bond motifs is 2. The summed E-state index contributed by atoms with van der Waals surface area (Å²) in [7, 11) is 1.72. The van der Waals surface area contributed by atoms with E-state index in [2.05, 4.69) is 37.9 Å². The summed E-state index contributed by atoms with van der Waals surface area (Å²) in [4.78, 5) is 14.2. The van der Waals surface area contributed by atoms with Gasteiger partial charge in [0.15, 0.2) is 5.54 Å². The van der Waals surface area contributed by atoms with E-state index in [9.17, 15) is 9.90 Å². The Morgan fingerprint density at radius 2 is 2.00 bits per heavy atom. The molecule has 2 unspecified atom stereocenters. The van der Waals surface area contributed by atoms with E-state index >= 15 is 0 Å². The van der Waals surface area contributed by atoms with E-state index in [1.54, 1.807) is 30.1 Å². The number of hydrogen-bond donors (Lipinski definition) is 2. The van der Waals surface area contributed by atoms with Gasteiger partial charge in [-0.25, -0.2) is 4.79 Å². The van der Waals surface area contributed by atoms with Gasteiger partial charge in [-0.05, 0) is 55.5 Å². The summed E-state index contributed by atoms with van der Waals surface area (Å²) in [5, 5.41) is 13.3. The highest BCUT2D eigenvalue weighted by Gasteiger charge is 2.65. The fourth-order valence-electron chi connectivity index (χ4n) is 4.70. The van der Waals surface area contributed by atoms with Gasteiger partial charge >= 0.3 is 6.03 Å². The lowest BCUT2D eigenvalue weighted by atomic mass is 9.70. The molecule has 2 heterocycles. The summed E-state index contributed by atoms with van der Waals surface area (Å²) >= 11 is 0. The number of amides is 2. The number of aryl methyl sites for hydroxylation is 2. The third-order valence-corrected chi connectivity index (χ3v) is 6.42.